The van der Waals surface area contributed by atoms with E-state index in [1.54, 1.807) is 6.07 Å². The molecule has 24 heavy (non-hydrogen) atoms. The summed E-state index contributed by atoms with van der Waals surface area (Å²) in [5.74, 6) is -0.165. The van der Waals surface area contributed by atoms with Gasteiger partial charge in [-0.2, -0.15) is 0 Å². The number of hydrogen-bond donors (Lipinski definition) is 1. The monoisotopic (exact) mass is 343 g/mol. The Morgan fingerprint density at radius 3 is 2.38 bits per heavy atom. The van der Waals surface area contributed by atoms with E-state index < -0.39 is 0 Å². The topological polar surface area (TPSA) is 18.5 Å². The maximum atomic E-state index is 13.9. The summed E-state index contributed by atoms with van der Waals surface area (Å²) in [5, 5.41) is 4.04. The van der Waals surface area contributed by atoms with Gasteiger partial charge in [0, 0.05) is 31.9 Å². The highest BCUT2D eigenvalue weighted by Gasteiger charge is 2.20. The van der Waals surface area contributed by atoms with Gasteiger partial charge in [-0.15, -0.1) is 0 Å². The van der Waals surface area contributed by atoms with Crippen molar-refractivity contribution in [1.29, 1.82) is 0 Å². The fourth-order valence-corrected chi connectivity index (χ4v) is 3.18. The molecule has 5 heteroatoms. The Kier molecular flexibility index (Phi) is 5.00. The van der Waals surface area contributed by atoms with Crippen LogP contribution in [0.2, 0.25) is 0 Å². The van der Waals surface area contributed by atoms with E-state index in [0.717, 1.165) is 37.0 Å². The van der Waals surface area contributed by atoms with E-state index in [-0.39, 0.29) is 5.82 Å². The minimum absolute atomic E-state index is 0.165. The first-order valence-corrected chi connectivity index (χ1v) is 8.58. The van der Waals surface area contributed by atoms with Crippen LogP contribution in [0.3, 0.4) is 0 Å². The lowest BCUT2D eigenvalue weighted by Crippen LogP contribution is -2.50. The van der Waals surface area contributed by atoms with Gasteiger partial charge in [-0.25, -0.2) is 4.39 Å². The molecule has 1 saturated heterocycles. The Morgan fingerprint density at radius 2 is 1.71 bits per heavy atom. The van der Waals surface area contributed by atoms with Crippen LogP contribution in [-0.2, 0) is 0 Å². The van der Waals surface area contributed by atoms with Crippen LogP contribution in [0.4, 0.5) is 15.8 Å². The Bertz CT molecular complexity index is 739. The number of halogens is 1. The third-order valence-electron chi connectivity index (χ3n) is 4.52. The lowest BCUT2D eigenvalue weighted by Gasteiger charge is -2.37. The Morgan fingerprint density at radius 1 is 1.00 bits per heavy atom. The summed E-state index contributed by atoms with van der Waals surface area (Å²) in [6.07, 6.45) is 0. The number of benzene rings is 2. The van der Waals surface area contributed by atoms with Crippen LogP contribution in [0.1, 0.15) is 11.1 Å². The summed E-state index contributed by atoms with van der Waals surface area (Å²) in [6, 6.07) is 13.2. The molecule has 0 atom stereocenters. The highest BCUT2D eigenvalue weighted by molar-refractivity contribution is 7.80. The van der Waals surface area contributed by atoms with E-state index in [9.17, 15) is 4.39 Å². The fraction of sp³-hybridized carbons (Fsp3) is 0.316. The van der Waals surface area contributed by atoms with E-state index in [1.807, 2.05) is 18.2 Å². The van der Waals surface area contributed by atoms with Crippen molar-refractivity contribution in [2.75, 3.05) is 36.4 Å². The summed E-state index contributed by atoms with van der Waals surface area (Å²) < 4.78 is 13.9. The predicted molar refractivity (Wildman–Crippen MR) is 102 cm³/mol. The van der Waals surface area contributed by atoms with Crippen LogP contribution in [0.15, 0.2) is 42.5 Å². The van der Waals surface area contributed by atoms with Crippen LogP contribution < -0.4 is 10.2 Å². The largest absolute Gasteiger partial charge is 0.366 e. The molecular weight excluding hydrogens is 321 g/mol. The molecule has 3 rings (SSSR count). The number of anilines is 2. The molecule has 1 heterocycles. The number of thiocarbonyl (C=S) groups is 1. The van der Waals surface area contributed by atoms with Crippen molar-refractivity contribution in [2.24, 2.45) is 0 Å². The normalized spacial score (nSPS) is 14.6. The lowest BCUT2D eigenvalue weighted by atomic mass is 10.1. The van der Waals surface area contributed by atoms with Crippen LogP contribution in [0, 0.1) is 19.7 Å². The van der Waals surface area contributed by atoms with E-state index in [4.69, 9.17) is 12.2 Å². The number of aryl methyl sites for hydroxylation is 2. The predicted octanol–water partition coefficient (Wildman–Crippen LogP) is 3.96. The Hall–Kier alpha value is -2.14. The van der Waals surface area contributed by atoms with Gasteiger partial charge in [-0.05, 0) is 61.5 Å². The second-order valence-corrected chi connectivity index (χ2v) is 6.54. The Labute approximate surface area is 148 Å². The molecule has 3 nitrogen and oxygen atoms in total. The zero-order valence-corrected chi connectivity index (χ0v) is 14.9. The van der Waals surface area contributed by atoms with Crippen molar-refractivity contribution in [1.82, 2.24) is 4.90 Å². The molecule has 0 unspecified atom stereocenters. The number of nitrogens with zero attached hydrogens (tertiary/aromatic N) is 2. The summed E-state index contributed by atoms with van der Waals surface area (Å²) in [4.78, 5) is 4.21. The SMILES string of the molecule is Cc1ccc(NC(=S)N2CCN(c3ccccc3F)CC2)cc1C. The molecule has 1 aliphatic heterocycles. The maximum absolute atomic E-state index is 13.9. The fourth-order valence-electron chi connectivity index (χ4n) is 2.88. The summed E-state index contributed by atoms with van der Waals surface area (Å²) >= 11 is 5.54. The molecular formula is C19H22FN3S. The number of para-hydroxylation sites is 1. The van der Waals surface area contributed by atoms with Gasteiger partial charge in [0.05, 0.1) is 5.69 Å². The zero-order valence-electron chi connectivity index (χ0n) is 14.1. The number of hydrogen-bond acceptors (Lipinski definition) is 2. The first-order chi connectivity index (χ1) is 11.5. The molecule has 0 spiro atoms. The van der Waals surface area contributed by atoms with E-state index in [0.29, 0.717) is 5.69 Å². The smallest absolute Gasteiger partial charge is 0.173 e. The molecule has 1 fully saturated rings. The van der Waals surface area contributed by atoms with Crippen LogP contribution in [0.25, 0.3) is 0 Å². The van der Waals surface area contributed by atoms with Gasteiger partial charge in [0.2, 0.25) is 0 Å². The number of rotatable bonds is 2. The third-order valence-corrected chi connectivity index (χ3v) is 4.88. The molecule has 0 aliphatic carbocycles. The van der Waals surface area contributed by atoms with Gasteiger partial charge in [0.1, 0.15) is 5.82 Å². The first-order valence-electron chi connectivity index (χ1n) is 8.17. The van der Waals surface area contributed by atoms with Gasteiger partial charge in [-0.3, -0.25) is 0 Å². The zero-order chi connectivity index (χ0) is 17.1. The number of piperazine rings is 1. The Balaban J connectivity index is 1.59. The number of nitrogens with one attached hydrogen (secondary N) is 1. The standard InChI is InChI=1S/C19H22FN3S/c1-14-7-8-16(13-15(14)2)21-19(24)23-11-9-22(10-12-23)18-6-4-3-5-17(18)20/h3-8,13H,9-12H2,1-2H3,(H,21,24). The van der Waals surface area contributed by atoms with Gasteiger partial charge in [0.15, 0.2) is 5.11 Å². The molecule has 0 saturated carbocycles. The average Bonchev–Trinajstić information content (AvgIpc) is 2.59. The molecule has 0 bridgehead atoms. The van der Waals surface area contributed by atoms with E-state index in [1.165, 1.54) is 17.2 Å². The second kappa shape index (κ2) is 7.18. The molecule has 1 N–H and O–H groups in total. The van der Waals surface area contributed by atoms with Gasteiger partial charge in [0.25, 0.3) is 0 Å². The maximum Gasteiger partial charge on any atom is 0.173 e. The first kappa shape index (κ1) is 16.7. The molecule has 1 aliphatic rings. The van der Waals surface area contributed by atoms with Gasteiger partial charge < -0.3 is 15.1 Å². The van der Waals surface area contributed by atoms with Crippen LogP contribution in [-0.4, -0.2) is 36.2 Å². The molecule has 2 aromatic rings. The minimum atomic E-state index is -0.165. The molecule has 0 aromatic heterocycles. The molecule has 0 radical (unpaired) electrons. The highest BCUT2D eigenvalue weighted by atomic mass is 32.1. The van der Waals surface area contributed by atoms with Crippen molar-refractivity contribution >= 4 is 28.7 Å². The molecule has 126 valence electrons. The van der Waals surface area contributed by atoms with Crippen molar-refractivity contribution in [3.63, 3.8) is 0 Å². The van der Waals surface area contributed by atoms with Crippen molar-refractivity contribution in [3.8, 4) is 0 Å². The quantitative estimate of drug-likeness (QED) is 0.832. The lowest BCUT2D eigenvalue weighted by molar-refractivity contribution is 0.388. The third kappa shape index (κ3) is 3.67. The van der Waals surface area contributed by atoms with Gasteiger partial charge in [-0.1, -0.05) is 18.2 Å². The van der Waals surface area contributed by atoms with E-state index >= 15 is 0 Å². The van der Waals surface area contributed by atoms with Crippen molar-refractivity contribution in [2.45, 2.75) is 13.8 Å². The molecule has 2 aromatic carbocycles. The van der Waals surface area contributed by atoms with Crippen LogP contribution >= 0.6 is 12.2 Å². The average molecular weight is 343 g/mol. The molecule has 0 amide bonds. The summed E-state index contributed by atoms with van der Waals surface area (Å²) in [7, 11) is 0. The van der Waals surface area contributed by atoms with Crippen molar-refractivity contribution < 1.29 is 4.39 Å². The summed E-state index contributed by atoms with van der Waals surface area (Å²) in [5.41, 5.74) is 4.20. The highest BCUT2D eigenvalue weighted by Crippen LogP contribution is 2.21. The van der Waals surface area contributed by atoms with Crippen LogP contribution in [0.5, 0.6) is 0 Å². The van der Waals surface area contributed by atoms with E-state index in [2.05, 4.69) is 41.1 Å². The van der Waals surface area contributed by atoms with Gasteiger partial charge >= 0.3 is 0 Å². The minimum Gasteiger partial charge on any atom is -0.366 e. The second-order valence-electron chi connectivity index (χ2n) is 6.15. The van der Waals surface area contributed by atoms with Crippen molar-refractivity contribution in [3.05, 3.63) is 59.4 Å². The summed E-state index contributed by atoms with van der Waals surface area (Å²) in [6.45, 7) is 7.28.